The van der Waals surface area contributed by atoms with Gasteiger partial charge >= 0.3 is 6.09 Å². The van der Waals surface area contributed by atoms with Gasteiger partial charge in [-0.1, -0.05) is 25.4 Å². The number of halogens is 1. The van der Waals surface area contributed by atoms with Crippen LogP contribution in [0.1, 0.15) is 45.0 Å². The number of amides is 2. The van der Waals surface area contributed by atoms with Crippen LogP contribution in [0.4, 0.5) is 10.5 Å². The Morgan fingerprint density at radius 3 is 2.46 bits per heavy atom. The molecular weight excluding hydrogens is 330 g/mol. The predicted octanol–water partition coefficient (Wildman–Crippen LogP) is 3.69. The van der Waals surface area contributed by atoms with Crippen LogP contribution in [0, 0.1) is 5.92 Å². The van der Waals surface area contributed by atoms with Gasteiger partial charge in [0.2, 0.25) is 0 Å². The molecule has 0 unspecified atom stereocenters. The second kappa shape index (κ2) is 8.15. The lowest BCUT2D eigenvalue weighted by Gasteiger charge is -2.23. The fourth-order valence-corrected chi connectivity index (χ4v) is 1.97. The average molecular weight is 354 g/mol. The third kappa shape index (κ3) is 6.58. The van der Waals surface area contributed by atoms with Crippen molar-refractivity contribution in [1.29, 1.82) is 0 Å². The van der Waals surface area contributed by atoms with Crippen molar-refractivity contribution < 1.29 is 14.3 Å². The normalized spacial score (nSPS) is 13.1. The summed E-state index contributed by atoms with van der Waals surface area (Å²) in [5.74, 6) is -0.530. The Morgan fingerprint density at radius 2 is 1.96 bits per heavy atom. The van der Waals surface area contributed by atoms with Gasteiger partial charge in [0.15, 0.2) is 0 Å². The molecule has 0 fully saturated rings. The van der Waals surface area contributed by atoms with E-state index < -0.39 is 17.6 Å². The topological polar surface area (TPSA) is 93.8 Å². The molecule has 1 aromatic carbocycles. The van der Waals surface area contributed by atoms with E-state index in [2.05, 4.69) is 10.3 Å². The Kier molecular flexibility index (Phi) is 6.78. The summed E-state index contributed by atoms with van der Waals surface area (Å²) in [7, 11) is 0. The summed E-state index contributed by atoms with van der Waals surface area (Å²) in [6, 6.07) is 4.26. The lowest BCUT2D eigenvalue weighted by atomic mass is 10.1. The van der Waals surface area contributed by atoms with Crippen molar-refractivity contribution in [3.05, 3.63) is 28.8 Å². The van der Waals surface area contributed by atoms with Gasteiger partial charge in [-0.3, -0.25) is 9.79 Å². The highest BCUT2D eigenvalue weighted by molar-refractivity contribution is 6.31. The third-order valence-electron chi connectivity index (χ3n) is 3.00. The molecule has 0 saturated heterocycles. The molecule has 0 heterocycles. The minimum Gasteiger partial charge on any atom is -0.444 e. The molecule has 0 aliphatic rings. The summed E-state index contributed by atoms with van der Waals surface area (Å²) in [4.78, 5) is 27.7. The van der Waals surface area contributed by atoms with Gasteiger partial charge in [-0.2, -0.15) is 0 Å². The van der Waals surface area contributed by atoms with Crippen LogP contribution < -0.4 is 11.1 Å². The second-order valence-corrected chi connectivity index (χ2v) is 7.16. The average Bonchev–Trinajstić information content (AvgIpc) is 2.40. The first-order valence-electron chi connectivity index (χ1n) is 7.62. The number of hydrogen-bond acceptors (Lipinski definition) is 4. The van der Waals surface area contributed by atoms with Gasteiger partial charge < -0.3 is 15.8 Å². The molecule has 1 atom stereocenters. The zero-order chi connectivity index (χ0) is 18.5. The smallest absolute Gasteiger partial charge is 0.408 e. The van der Waals surface area contributed by atoms with Crippen molar-refractivity contribution in [2.75, 3.05) is 0 Å². The van der Waals surface area contributed by atoms with Crippen LogP contribution in [0.5, 0.6) is 0 Å². The summed E-state index contributed by atoms with van der Waals surface area (Å²) in [5.41, 5.74) is 5.36. The molecule has 7 heteroatoms. The highest BCUT2D eigenvalue weighted by Crippen LogP contribution is 2.23. The maximum Gasteiger partial charge on any atom is 0.408 e. The van der Waals surface area contributed by atoms with E-state index in [1.165, 1.54) is 6.07 Å². The fourth-order valence-electron chi connectivity index (χ4n) is 1.80. The number of carbonyl (C=O) groups is 2. The van der Waals surface area contributed by atoms with Crippen molar-refractivity contribution in [2.45, 2.75) is 46.3 Å². The predicted molar refractivity (Wildman–Crippen MR) is 96.1 cm³/mol. The fraction of sp³-hybridized carbons (Fsp3) is 0.471. The Balaban J connectivity index is 2.97. The first-order chi connectivity index (χ1) is 11.0. The highest BCUT2D eigenvalue weighted by Gasteiger charge is 2.20. The van der Waals surface area contributed by atoms with Crippen molar-refractivity contribution in [1.82, 2.24) is 5.32 Å². The van der Waals surface area contributed by atoms with Crippen LogP contribution >= 0.6 is 11.6 Å². The molecule has 0 radical (unpaired) electrons. The molecule has 6 nitrogen and oxygen atoms in total. The Labute approximate surface area is 147 Å². The van der Waals surface area contributed by atoms with Crippen molar-refractivity contribution in [3.63, 3.8) is 0 Å². The van der Waals surface area contributed by atoms with Crippen LogP contribution in [0.3, 0.4) is 0 Å². The lowest BCUT2D eigenvalue weighted by molar-refractivity contribution is 0.0509. The number of nitrogens with two attached hydrogens (primary N) is 1. The number of benzene rings is 1. The number of nitrogens with zero attached hydrogens (tertiary/aromatic N) is 1. The highest BCUT2D eigenvalue weighted by atomic mass is 35.5. The number of ether oxygens (including phenoxy) is 1. The van der Waals surface area contributed by atoms with Gasteiger partial charge in [0, 0.05) is 11.2 Å². The van der Waals surface area contributed by atoms with E-state index in [-0.39, 0.29) is 17.5 Å². The molecular formula is C17H24ClN3O3. The molecule has 24 heavy (non-hydrogen) atoms. The Bertz CT molecular complexity index is 636. The van der Waals surface area contributed by atoms with Crippen molar-refractivity contribution in [2.24, 2.45) is 16.6 Å². The lowest BCUT2D eigenvalue weighted by Crippen LogP contribution is -2.42. The molecule has 0 bridgehead atoms. The van der Waals surface area contributed by atoms with Crippen LogP contribution in [-0.4, -0.2) is 29.9 Å². The van der Waals surface area contributed by atoms with E-state index in [0.29, 0.717) is 10.7 Å². The van der Waals surface area contributed by atoms with Crippen LogP contribution in [0.15, 0.2) is 23.2 Å². The molecule has 0 aliphatic heterocycles. The Morgan fingerprint density at radius 1 is 1.33 bits per heavy atom. The maximum absolute atomic E-state index is 11.9. The SMILES string of the molecule is CC(C)[C@@H](C=Nc1cc(Cl)ccc1C(N)=O)NC(=O)OC(C)(C)C. The number of hydrogen-bond donors (Lipinski definition) is 2. The quantitative estimate of drug-likeness (QED) is 0.790. The molecule has 2 amide bonds. The van der Waals surface area contributed by atoms with Crippen LogP contribution in [0.25, 0.3) is 0 Å². The van der Waals surface area contributed by atoms with Crippen molar-refractivity contribution >= 4 is 35.5 Å². The van der Waals surface area contributed by atoms with Gasteiger partial charge in [-0.25, -0.2) is 4.79 Å². The largest absolute Gasteiger partial charge is 0.444 e. The van der Waals surface area contributed by atoms with Crippen molar-refractivity contribution in [3.8, 4) is 0 Å². The molecule has 1 aromatic rings. The van der Waals surface area contributed by atoms with Crippen LogP contribution in [0.2, 0.25) is 5.02 Å². The zero-order valence-electron chi connectivity index (χ0n) is 14.6. The van der Waals surface area contributed by atoms with Gasteiger partial charge in [0.05, 0.1) is 17.3 Å². The van der Waals surface area contributed by atoms with Crippen LogP contribution in [-0.2, 0) is 4.74 Å². The van der Waals surface area contributed by atoms with E-state index in [0.717, 1.165) is 0 Å². The molecule has 1 rings (SSSR count). The van der Waals surface area contributed by atoms with Gasteiger partial charge in [0.25, 0.3) is 5.91 Å². The summed E-state index contributed by atoms with van der Waals surface area (Å²) >= 11 is 5.94. The van der Waals surface area contributed by atoms with E-state index >= 15 is 0 Å². The van der Waals surface area contributed by atoms with Gasteiger partial charge in [0.1, 0.15) is 5.60 Å². The maximum atomic E-state index is 11.9. The molecule has 0 aromatic heterocycles. The molecule has 0 spiro atoms. The summed E-state index contributed by atoms with van der Waals surface area (Å²) in [6.45, 7) is 9.23. The van der Waals surface area contributed by atoms with Gasteiger partial charge in [-0.05, 0) is 44.9 Å². The number of rotatable bonds is 5. The zero-order valence-corrected chi connectivity index (χ0v) is 15.3. The monoisotopic (exact) mass is 353 g/mol. The summed E-state index contributed by atoms with van der Waals surface area (Å²) in [6.07, 6.45) is 1.01. The minimum absolute atomic E-state index is 0.0671. The first-order valence-corrected chi connectivity index (χ1v) is 8.00. The number of nitrogens with one attached hydrogen (secondary N) is 1. The second-order valence-electron chi connectivity index (χ2n) is 6.72. The number of aliphatic imine (C=N–C) groups is 1. The minimum atomic E-state index is -0.597. The summed E-state index contributed by atoms with van der Waals surface area (Å²) < 4.78 is 5.24. The summed E-state index contributed by atoms with van der Waals surface area (Å²) in [5, 5.41) is 3.19. The molecule has 0 saturated carbocycles. The number of carbonyl (C=O) groups excluding carboxylic acids is 2. The number of primary amides is 1. The molecule has 3 N–H and O–H groups in total. The van der Waals surface area contributed by atoms with E-state index in [1.807, 2.05) is 13.8 Å². The number of alkyl carbamates (subject to hydrolysis) is 1. The van der Waals surface area contributed by atoms with E-state index in [4.69, 9.17) is 22.1 Å². The standard InChI is InChI=1S/C17H24ClN3O3/c1-10(2)14(21-16(23)24-17(3,4)5)9-20-13-8-11(18)6-7-12(13)15(19)22/h6-10,14H,1-5H3,(H2,19,22)(H,21,23)/t14-/m1/s1. The van der Waals surface area contributed by atoms with E-state index in [1.54, 1.807) is 39.1 Å². The third-order valence-corrected chi connectivity index (χ3v) is 3.24. The van der Waals surface area contributed by atoms with E-state index in [9.17, 15) is 9.59 Å². The molecule has 0 aliphatic carbocycles. The Hall–Kier alpha value is -2.08. The van der Waals surface area contributed by atoms with Gasteiger partial charge in [-0.15, -0.1) is 0 Å². The first kappa shape index (κ1) is 20.0. The molecule has 132 valence electrons.